The van der Waals surface area contributed by atoms with Gasteiger partial charge in [-0.3, -0.25) is 4.90 Å². The fourth-order valence-electron chi connectivity index (χ4n) is 3.32. The van der Waals surface area contributed by atoms with E-state index in [0.29, 0.717) is 19.3 Å². The number of fused-ring (bicyclic) bond motifs is 1. The Kier molecular flexibility index (Phi) is 4.44. The summed E-state index contributed by atoms with van der Waals surface area (Å²) < 4.78 is 11.2. The summed E-state index contributed by atoms with van der Waals surface area (Å²) >= 11 is 0. The van der Waals surface area contributed by atoms with Gasteiger partial charge in [0.05, 0.1) is 5.69 Å². The van der Waals surface area contributed by atoms with Gasteiger partial charge >= 0.3 is 0 Å². The highest BCUT2D eigenvalue weighted by atomic mass is 16.6. The van der Waals surface area contributed by atoms with Gasteiger partial charge in [0.25, 0.3) is 0 Å². The Labute approximate surface area is 148 Å². The van der Waals surface area contributed by atoms with Gasteiger partial charge in [0.15, 0.2) is 17.3 Å². The van der Waals surface area contributed by atoms with Gasteiger partial charge < -0.3 is 14.4 Å². The van der Waals surface area contributed by atoms with Crippen molar-refractivity contribution in [3.63, 3.8) is 0 Å². The van der Waals surface area contributed by atoms with Crippen LogP contribution in [0.3, 0.4) is 0 Å². The lowest BCUT2D eigenvalue weighted by molar-refractivity contribution is 0.171. The minimum atomic E-state index is 0.587. The zero-order valence-electron chi connectivity index (χ0n) is 14.8. The largest absolute Gasteiger partial charge is 0.486 e. The molecule has 0 radical (unpaired) electrons. The van der Waals surface area contributed by atoms with Crippen LogP contribution in [0.15, 0.2) is 30.3 Å². The van der Waals surface area contributed by atoms with E-state index >= 15 is 0 Å². The van der Waals surface area contributed by atoms with Crippen LogP contribution in [-0.2, 0) is 0 Å². The number of hydrogen-bond donors (Lipinski definition) is 0. The maximum Gasteiger partial charge on any atom is 0.162 e. The SMILES string of the molecule is CC(C)N1CCN(c2ccc(-c3ccc4c(c3)OCCO4)nn2)CC1. The topological polar surface area (TPSA) is 50.7 Å². The third kappa shape index (κ3) is 3.39. The van der Waals surface area contributed by atoms with Gasteiger partial charge in [-0.25, -0.2) is 0 Å². The van der Waals surface area contributed by atoms with E-state index in [1.807, 2.05) is 24.3 Å². The first-order valence-electron chi connectivity index (χ1n) is 8.93. The van der Waals surface area contributed by atoms with E-state index in [0.717, 1.165) is 54.8 Å². The minimum Gasteiger partial charge on any atom is -0.486 e. The van der Waals surface area contributed by atoms with E-state index in [1.54, 1.807) is 0 Å². The molecule has 0 bridgehead atoms. The summed E-state index contributed by atoms with van der Waals surface area (Å²) in [7, 11) is 0. The molecular weight excluding hydrogens is 316 g/mol. The molecule has 6 nitrogen and oxygen atoms in total. The first-order valence-corrected chi connectivity index (χ1v) is 8.93. The number of aromatic nitrogens is 2. The maximum absolute atomic E-state index is 5.65. The number of hydrogen-bond acceptors (Lipinski definition) is 6. The molecule has 1 aromatic heterocycles. The van der Waals surface area contributed by atoms with Gasteiger partial charge in [-0.15, -0.1) is 10.2 Å². The molecule has 0 N–H and O–H groups in total. The van der Waals surface area contributed by atoms with Gasteiger partial charge in [-0.2, -0.15) is 0 Å². The molecule has 132 valence electrons. The summed E-state index contributed by atoms with van der Waals surface area (Å²) in [6.45, 7) is 9.82. The monoisotopic (exact) mass is 340 g/mol. The summed E-state index contributed by atoms with van der Waals surface area (Å²) in [5, 5.41) is 8.87. The van der Waals surface area contributed by atoms with Gasteiger partial charge in [0.2, 0.25) is 0 Å². The van der Waals surface area contributed by atoms with Crippen molar-refractivity contribution in [2.24, 2.45) is 0 Å². The number of ether oxygens (including phenoxy) is 2. The van der Waals surface area contributed by atoms with Crippen LogP contribution < -0.4 is 14.4 Å². The van der Waals surface area contributed by atoms with Crippen molar-refractivity contribution >= 4 is 5.82 Å². The molecule has 0 unspecified atom stereocenters. The first-order chi connectivity index (χ1) is 12.2. The van der Waals surface area contributed by atoms with Crippen molar-refractivity contribution in [1.82, 2.24) is 15.1 Å². The van der Waals surface area contributed by atoms with Gasteiger partial charge in [-0.1, -0.05) is 0 Å². The summed E-state index contributed by atoms with van der Waals surface area (Å²) in [6.07, 6.45) is 0. The zero-order valence-corrected chi connectivity index (χ0v) is 14.8. The predicted octanol–water partition coefficient (Wildman–Crippen LogP) is 2.45. The van der Waals surface area contributed by atoms with Gasteiger partial charge in [0, 0.05) is 37.8 Å². The number of nitrogens with zero attached hydrogens (tertiary/aromatic N) is 4. The average molecular weight is 340 g/mol. The van der Waals surface area contributed by atoms with E-state index in [1.165, 1.54) is 0 Å². The third-order valence-electron chi connectivity index (χ3n) is 4.86. The zero-order chi connectivity index (χ0) is 17.2. The van der Waals surface area contributed by atoms with Crippen LogP contribution in [-0.4, -0.2) is 60.5 Å². The fourth-order valence-corrected chi connectivity index (χ4v) is 3.32. The number of anilines is 1. The molecule has 0 aliphatic carbocycles. The number of rotatable bonds is 3. The molecule has 3 heterocycles. The van der Waals surface area contributed by atoms with Crippen LogP contribution in [0.4, 0.5) is 5.82 Å². The Hall–Kier alpha value is -2.34. The molecule has 0 saturated carbocycles. The third-order valence-corrected chi connectivity index (χ3v) is 4.86. The van der Waals surface area contributed by atoms with E-state index < -0.39 is 0 Å². The van der Waals surface area contributed by atoms with Crippen molar-refractivity contribution in [1.29, 1.82) is 0 Å². The quantitative estimate of drug-likeness (QED) is 0.855. The summed E-state index contributed by atoms with van der Waals surface area (Å²) in [6, 6.07) is 10.6. The molecule has 4 rings (SSSR count). The number of benzene rings is 1. The second-order valence-corrected chi connectivity index (χ2v) is 6.75. The lowest BCUT2D eigenvalue weighted by Gasteiger charge is -2.37. The van der Waals surface area contributed by atoms with Crippen molar-refractivity contribution in [3.05, 3.63) is 30.3 Å². The molecule has 2 aromatic rings. The van der Waals surface area contributed by atoms with E-state index in [9.17, 15) is 0 Å². The van der Waals surface area contributed by atoms with E-state index in [-0.39, 0.29) is 0 Å². The van der Waals surface area contributed by atoms with Crippen LogP contribution in [0.2, 0.25) is 0 Å². The second kappa shape index (κ2) is 6.88. The lowest BCUT2D eigenvalue weighted by atomic mass is 10.1. The predicted molar refractivity (Wildman–Crippen MR) is 97.4 cm³/mol. The van der Waals surface area contributed by atoms with Crippen LogP contribution in [0.25, 0.3) is 11.3 Å². The smallest absolute Gasteiger partial charge is 0.162 e. The van der Waals surface area contributed by atoms with Crippen molar-refractivity contribution in [2.45, 2.75) is 19.9 Å². The molecule has 25 heavy (non-hydrogen) atoms. The Bertz CT molecular complexity index is 725. The lowest BCUT2D eigenvalue weighted by Crippen LogP contribution is -2.49. The molecular formula is C19H24N4O2. The Morgan fingerprint density at radius 1 is 0.880 bits per heavy atom. The number of piperazine rings is 1. The fraction of sp³-hybridized carbons (Fsp3) is 0.474. The highest BCUT2D eigenvalue weighted by Crippen LogP contribution is 2.34. The first kappa shape index (κ1) is 16.1. The normalized spacial score (nSPS) is 17.8. The Balaban J connectivity index is 1.47. The molecule has 0 spiro atoms. The minimum absolute atomic E-state index is 0.587. The van der Waals surface area contributed by atoms with Crippen LogP contribution in [0, 0.1) is 0 Å². The highest BCUT2D eigenvalue weighted by Gasteiger charge is 2.20. The average Bonchev–Trinajstić information content (AvgIpc) is 2.68. The molecule has 0 atom stereocenters. The van der Waals surface area contributed by atoms with Gasteiger partial charge in [0.1, 0.15) is 13.2 Å². The molecule has 1 fully saturated rings. The van der Waals surface area contributed by atoms with Crippen LogP contribution in [0.5, 0.6) is 11.5 Å². The standard InChI is InChI=1S/C19H24N4O2/c1-14(2)22-7-9-23(10-8-22)19-6-4-16(20-21-19)15-3-5-17-18(13-15)25-12-11-24-17/h3-6,13-14H,7-12H2,1-2H3. The molecule has 2 aliphatic heterocycles. The molecule has 6 heteroatoms. The Morgan fingerprint density at radius 2 is 1.64 bits per heavy atom. The second-order valence-electron chi connectivity index (χ2n) is 6.75. The van der Waals surface area contributed by atoms with Crippen molar-refractivity contribution in [3.8, 4) is 22.8 Å². The van der Waals surface area contributed by atoms with E-state index in [4.69, 9.17) is 9.47 Å². The van der Waals surface area contributed by atoms with E-state index in [2.05, 4.69) is 39.9 Å². The molecule has 1 aromatic carbocycles. The Morgan fingerprint density at radius 3 is 2.32 bits per heavy atom. The van der Waals surface area contributed by atoms with Crippen molar-refractivity contribution < 1.29 is 9.47 Å². The molecule has 2 aliphatic rings. The summed E-state index contributed by atoms with van der Waals surface area (Å²) in [5.74, 6) is 2.52. The molecule has 0 amide bonds. The summed E-state index contributed by atoms with van der Waals surface area (Å²) in [5.41, 5.74) is 1.84. The highest BCUT2D eigenvalue weighted by molar-refractivity contribution is 5.64. The van der Waals surface area contributed by atoms with Crippen molar-refractivity contribution in [2.75, 3.05) is 44.3 Å². The summed E-state index contributed by atoms with van der Waals surface area (Å²) in [4.78, 5) is 4.80. The van der Waals surface area contributed by atoms with Gasteiger partial charge in [-0.05, 0) is 44.2 Å². The molecule has 1 saturated heterocycles. The maximum atomic E-state index is 5.65. The van der Waals surface area contributed by atoms with Crippen LogP contribution in [0.1, 0.15) is 13.8 Å². The van der Waals surface area contributed by atoms with Crippen LogP contribution >= 0.6 is 0 Å².